The number of thiophene rings is 1. The number of carbonyl (C=O) groups is 2. The van der Waals surface area contributed by atoms with Crippen molar-refractivity contribution in [3.8, 4) is 0 Å². The van der Waals surface area contributed by atoms with Gasteiger partial charge in [0, 0.05) is 30.4 Å². The van der Waals surface area contributed by atoms with E-state index in [4.69, 9.17) is 0 Å². The van der Waals surface area contributed by atoms with Crippen molar-refractivity contribution >= 4 is 41.2 Å². The fourth-order valence-electron chi connectivity index (χ4n) is 3.09. The molecule has 3 rings (SSSR count). The quantitative estimate of drug-likeness (QED) is 0.787. The number of hydrogen-bond acceptors (Lipinski definition) is 4. The number of benzene rings is 1. The predicted octanol–water partition coefficient (Wildman–Crippen LogP) is 3.64. The van der Waals surface area contributed by atoms with Crippen LogP contribution in [0.5, 0.6) is 0 Å². The van der Waals surface area contributed by atoms with Crippen molar-refractivity contribution in [2.45, 2.75) is 25.8 Å². The summed E-state index contributed by atoms with van der Waals surface area (Å²) in [6.07, 6.45) is 1.91. The van der Waals surface area contributed by atoms with E-state index < -0.39 is 0 Å². The first-order valence-electron chi connectivity index (χ1n) is 8.65. The number of nitrogens with zero attached hydrogens (tertiary/aromatic N) is 1. The third kappa shape index (κ3) is 4.84. The Balaban J connectivity index is 0.00000243. The van der Waals surface area contributed by atoms with Gasteiger partial charge in [-0.1, -0.05) is 19.1 Å². The summed E-state index contributed by atoms with van der Waals surface area (Å²) in [6.45, 7) is 4.63. The lowest BCUT2D eigenvalue weighted by Gasteiger charge is -2.28. The summed E-state index contributed by atoms with van der Waals surface area (Å²) in [5.74, 6) is -0.118. The molecule has 1 aromatic carbocycles. The van der Waals surface area contributed by atoms with Crippen LogP contribution in [0.25, 0.3) is 0 Å². The van der Waals surface area contributed by atoms with Crippen molar-refractivity contribution in [1.29, 1.82) is 0 Å². The van der Waals surface area contributed by atoms with E-state index in [1.807, 2.05) is 34.5 Å². The van der Waals surface area contributed by atoms with Crippen LogP contribution in [-0.2, 0) is 0 Å². The first kappa shape index (κ1) is 20.4. The SMILES string of the molecule is CCCN(C(=O)c1cccc(NC(=O)c2cccs2)c1)C1CCNC1.Cl. The molecule has 5 nitrogen and oxygen atoms in total. The maximum atomic E-state index is 13.0. The number of amides is 2. The van der Waals surface area contributed by atoms with E-state index in [0.29, 0.717) is 16.1 Å². The highest BCUT2D eigenvalue weighted by molar-refractivity contribution is 7.12. The minimum absolute atomic E-state index is 0. The number of carbonyl (C=O) groups excluding carboxylic acids is 2. The molecular formula is C19H24ClN3O2S. The molecule has 0 radical (unpaired) electrons. The van der Waals surface area contributed by atoms with Crippen molar-refractivity contribution in [1.82, 2.24) is 10.2 Å². The summed E-state index contributed by atoms with van der Waals surface area (Å²) < 4.78 is 0. The average Bonchev–Trinajstić information content (AvgIpc) is 3.32. The van der Waals surface area contributed by atoms with Crippen LogP contribution >= 0.6 is 23.7 Å². The van der Waals surface area contributed by atoms with Crippen LogP contribution in [0.15, 0.2) is 41.8 Å². The Morgan fingerprint density at radius 3 is 2.81 bits per heavy atom. The molecule has 0 bridgehead atoms. The predicted molar refractivity (Wildman–Crippen MR) is 109 cm³/mol. The van der Waals surface area contributed by atoms with Gasteiger partial charge in [0.15, 0.2) is 0 Å². The Bertz CT molecular complexity index is 730. The third-order valence-electron chi connectivity index (χ3n) is 4.31. The van der Waals surface area contributed by atoms with Gasteiger partial charge in [-0.3, -0.25) is 9.59 Å². The van der Waals surface area contributed by atoms with Crippen LogP contribution in [0.3, 0.4) is 0 Å². The fourth-order valence-corrected chi connectivity index (χ4v) is 3.71. The van der Waals surface area contributed by atoms with Crippen molar-refractivity contribution in [2.24, 2.45) is 0 Å². The van der Waals surface area contributed by atoms with Gasteiger partial charge in [0.25, 0.3) is 11.8 Å². The molecule has 1 aliphatic rings. The number of hydrogen-bond donors (Lipinski definition) is 2. The fraction of sp³-hybridized carbons (Fsp3) is 0.368. The van der Waals surface area contributed by atoms with E-state index in [1.165, 1.54) is 11.3 Å². The van der Waals surface area contributed by atoms with Gasteiger partial charge in [0.2, 0.25) is 0 Å². The van der Waals surface area contributed by atoms with Gasteiger partial charge in [0.1, 0.15) is 0 Å². The van der Waals surface area contributed by atoms with E-state index in [-0.39, 0.29) is 30.3 Å². The molecule has 1 saturated heterocycles. The van der Waals surface area contributed by atoms with E-state index in [2.05, 4.69) is 17.6 Å². The molecule has 2 heterocycles. The molecule has 2 aromatic rings. The van der Waals surface area contributed by atoms with Crippen molar-refractivity contribution in [3.63, 3.8) is 0 Å². The maximum Gasteiger partial charge on any atom is 0.265 e. The zero-order valence-corrected chi connectivity index (χ0v) is 16.4. The molecular weight excluding hydrogens is 370 g/mol. The summed E-state index contributed by atoms with van der Waals surface area (Å²) in [5, 5.41) is 8.06. The topological polar surface area (TPSA) is 61.4 Å². The van der Waals surface area contributed by atoms with Gasteiger partial charge >= 0.3 is 0 Å². The van der Waals surface area contributed by atoms with Crippen molar-refractivity contribution in [3.05, 3.63) is 52.2 Å². The van der Waals surface area contributed by atoms with Crippen LogP contribution in [0.2, 0.25) is 0 Å². The molecule has 1 aromatic heterocycles. The van der Waals surface area contributed by atoms with Crippen LogP contribution in [-0.4, -0.2) is 42.4 Å². The summed E-state index contributed by atoms with van der Waals surface area (Å²) in [5.41, 5.74) is 1.26. The minimum atomic E-state index is -0.148. The highest BCUT2D eigenvalue weighted by Gasteiger charge is 2.26. The van der Waals surface area contributed by atoms with E-state index >= 15 is 0 Å². The Kier molecular flexibility index (Phi) is 7.63. The van der Waals surface area contributed by atoms with E-state index in [1.54, 1.807) is 12.1 Å². The van der Waals surface area contributed by atoms with Crippen LogP contribution in [0.1, 0.15) is 39.8 Å². The van der Waals surface area contributed by atoms with Crippen molar-refractivity contribution < 1.29 is 9.59 Å². The summed E-state index contributed by atoms with van der Waals surface area (Å²) in [6, 6.07) is 11.1. The Labute approximate surface area is 164 Å². The van der Waals surface area contributed by atoms with Crippen LogP contribution in [0.4, 0.5) is 5.69 Å². The Morgan fingerprint density at radius 1 is 1.31 bits per heavy atom. The molecule has 140 valence electrons. The van der Waals surface area contributed by atoms with E-state index in [0.717, 1.165) is 32.5 Å². The number of anilines is 1. The molecule has 0 spiro atoms. The standard InChI is InChI=1S/C19H23N3O2S.ClH/c1-2-10-22(16-8-9-20-13-16)19(24)14-5-3-6-15(12-14)21-18(23)17-7-4-11-25-17;/h3-7,11-12,16,20H,2,8-10,13H2,1H3,(H,21,23);1H. The molecule has 26 heavy (non-hydrogen) atoms. The monoisotopic (exact) mass is 393 g/mol. The number of halogens is 1. The van der Waals surface area contributed by atoms with Gasteiger partial charge < -0.3 is 15.5 Å². The number of nitrogens with one attached hydrogen (secondary N) is 2. The van der Waals surface area contributed by atoms with Crippen molar-refractivity contribution in [2.75, 3.05) is 25.0 Å². The highest BCUT2D eigenvalue weighted by atomic mass is 35.5. The van der Waals surface area contributed by atoms with Gasteiger partial charge in [-0.15, -0.1) is 23.7 Å². The molecule has 0 aliphatic carbocycles. The van der Waals surface area contributed by atoms with Gasteiger partial charge in [-0.25, -0.2) is 0 Å². The molecule has 2 amide bonds. The lowest BCUT2D eigenvalue weighted by molar-refractivity contribution is 0.0692. The van der Waals surface area contributed by atoms with E-state index in [9.17, 15) is 9.59 Å². The molecule has 1 unspecified atom stereocenters. The Morgan fingerprint density at radius 2 is 2.15 bits per heavy atom. The molecule has 7 heteroatoms. The summed E-state index contributed by atoms with van der Waals surface area (Å²) >= 11 is 1.39. The number of rotatable bonds is 6. The second kappa shape index (κ2) is 9.71. The van der Waals surface area contributed by atoms with Gasteiger partial charge in [-0.2, -0.15) is 0 Å². The summed E-state index contributed by atoms with van der Waals surface area (Å²) in [4.78, 5) is 27.8. The second-order valence-electron chi connectivity index (χ2n) is 6.16. The van der Waals surface area contributed by atoms with Gasteiger partial charge in [-0.05, 0) is 49.0 Å². The largest absolute Gasteiger partial charge is 0.334 e. The third-order valence-corrected chi connectivity index (χ3v) is 5.18. The average molecular weight is 394 g/mol. The molecule has 1 atom stereocenters. The molecule has 1 aliphatic heterocycles. The first-order chi connectivity index (χ1) is 12.2. The lowest BCUT2D eigenvalue weighted by atomic mass is 10.1. The first-order valence-corrected chi connectivity index (χ1v) is 9.53. The molecule has 0 saturated carbocycles. The zero-order valence-electron chi connectivity index (χ0n) is 14.7. The Hall–Kier alpha value is -1.89. The normalized spacial score (nSPS) is 16.0. The molecule has 2 N–H and O–H groups in total. The van der Waals surface area contributed by atoms with Gasteiger partial charge in [0.05, 0.1) is 4.88 Å². The summed E-state index contributed by atoms with van der Waals surface area (Å²) in [7, 11) is 0. The highest BCUT2D eigenvalue weighted by Crippen LogP contribution is 2.18. The lowest BCUT2D eigenvalue weighted by Crippen LogP contribution is -2.42. The van der Waals surface area contributed by atoms with Crippen LogP contribution < -0.4 is 10.6 Å². The smallest absolute Gasteiger partial charge is 0.265 e. The van der Waals surface area contributed by atoms with Crippen LogP contribution in [0, 0.1) is 0 Å². The zero-order chi connectivity index (χ0) is 17.6. The molecule has 1 fully saturated rings. The maximum absolute atomic E-state index is 13.0. The minimum Gasteiger partial charge on any atom is -0.334 e. The second-order valence-corrected chi connectivity index (χ2v) is 7.11.